The van der Waals surface area contributed by atoms with E-state index in [2.05, 4.69) is 58.0 Å². The van der Waals surface area contributed by atoms with E-state index >= 15 is 0 Å². The molecule has 118 valence electrons. The minimum Gasteiger partial charge on any atom is -0.371 e. The maximum Gasteiger partial charge on any atom is 0.0737 e. The van der Waals surface area contributed by atoms with Crippen LogP contribution in [0.2, 0.25) is 5.02 Å². The van der Waals surface area contributed by atoms with Gasteiger partial charge in [-0.05, 0) is 77.7 Å². The number of benzene rings is 1. The summed E-state index contributed by atoms with van der Waals surface area (Å²) >= 11 is 6.14. The van der Waals surface area contributed by atoms with Crippen LogP contribution in [0.5, 0.6) is 0 Å². The molecule has 0 aliphatic heterocycles. The van der Waals surface area contributed by atoms with E-state index in [1.54, 1.807) is 0 Å². The van der Waals surface area contributed by atoms with Crippen molar-refractivity contribution < 1.29 is 4.74 Å². The van der Waals surface area contributed by atoms with Crippen LogP contribution in [0.1, 0.15) is 51.5 Å². The van der Waals surface area contributed by atoms with E-state index < -0.39 is 0 Å². The third kappa shape index (κ3) is 4.70. The summed E-state index contributed by atoms with van der Waals surface area (Å²) in [7, 11) is 4.31. The summed E-state index contributed by atoms with van der Waals surface area (Å²) in [6.45, 7) is 6.42. The van der Waals surface area contributed by atoms with Crippen LogP contribution in [-0.2, 0) is 4.74 Å². The van der Waals surface area contributed by atoms with Gasteiger partial charge in [-0.3, -0.25) is 0 Å². The fourth-order valence-electron chi connectivity index (χ4n) is 3.32. The summed E-state index contributed by atoms with van der Waals surface area (Å²) in [4.78, 5) is 2.31. The van der Waals surface area contributed by atoms with E-state index in [0.717, 1.165) is 17.9 Å². The number of nitrogens with zero attached hydrogens (tertiary/aromatic N) is 1. The summed E-state index contributed by atoms with van der Waals surface area (Å²) in [6, 6.07) is 8.78. The zero-order valence-corrected chi connectivity index (χ0v) is 14.7. The zero-order valence-electron chi connectivity index (χ0n) is 13.9. The summed E-state index contributed by atoms with van der Waals surface area (Å²) in [5, 5.41) is 0.835. The fourth-order valence-corrected chi connectivity index (χ4v) is 3.52. The van der Waals surface area contributed by atoms with Gasteiger partial charge in [0.15, 0.2) is 0 Å². The summed E-state index contributed by atoms with van der Waals surface area (Å²) in [5.41, 5.74) is 1.28. The van der Waals surface area contributed by atoms with Gasteiger partial charge in [0.1, 0.15) is 0 Å². The average Bonchev–Trinajstić information content (AvgIpc) is 2.37. The number of rotatable bonds is 3. The van der Waals surface area contributed by atoms with Crippen molar-refractivity contribution in [1.29, 1.82) is 0 Å². The third-order valence-corrected chi connectivity index (χ3v) is 4.48. The van der Waals surface area contributed by atoms with Crippen LogP contribution in [0, 0.1) is 0 Å². The van der Waals surface area contributed by atoms with Crippen LogP contribution < -0.4 is 0 Å². The Kier molecular flexibility index (Phi) is 5.34. The average molecular weight is 310 g/mol. The molecule has 0 radical (unpaired) electrons. The first-order valence-corrected chi connectivity index (χ1v) is 8.24. The first-order valence-electron chi connectivity index (χ1n) is 7.86. The minimum absolute atomic E-state index is 0.0815. The molecule has 21 heavy (non-hydrogen) atoms. The SMILES string of the molecule is CN(C)[C@H]1C[C@@H](c2cccc(Cl)c2)CC[C@@H]1OC(C)(C)C. The van der Waals surface area contributed by atoms with Crippen molar-refractivity contribution in [3.8, 4) is 0 Å². The van der Waals surface area contributed by atoms with Gasteiger partial charge in [0.05, 0.1) is 11.7 Å². The van der Waals surface area contributed by atoms with Gasteiger partial charge >= 0.3 is 0 Å². The fraction of sp³-hybridized carbons (Fsp3) is 0.667. The summed E-state index contributed by atoms with van der Waals surface area (Å²) in [5.74, 6) is 0.580. The first-order chi connectivity index (χ1) is 9.76. The molecule has 3 heteroatoms. The molecule has 0 amide bonds. The number of ether oxygens (including phenoxy) is 1. The Morgan fingerprint density at radius 3 is 2.48 bits per heavy atom. The largest absolute Gasteiger partial charge is 0.371 e. The van der Waals surface area contributed by atoms with Crippen molar-refractivity contribution in [2.75, 3.05) is 14.1 Å². The molecule has 1 aromatic carbocycles. The van der Waals surface area contributed by atoms with Crippen molar-refractivity contribution in [2.45, 2.75) is 63.7 Å². The summed E-state index contributed by atoms with van der Waals surface area (Å²) < 4.78 is 6.29. The highest BCUT2D eigenvalue weighted by molar-refractivity contribution is 6.30. The lowest BCUT2D eigenvalue weighted by Gasteiger charge is -2.42. The lowest BCUT2D eigenvalue weighted by Crippen LogP contribution is -2.47. The van der Waals surface area contributed by atoms with Crippen molar-refractivity contribution in [3.05, 3.63) is 34.9 Å². The molecule has 0 unspecified atom stereocenters. The van der Waals surface area contributed by atoms with E-state index in [1.807, 2.05) is 6.07 Å². The predicted molar refractivity (Wildman–Crippen MR) is 90.1 cm³/mol. The van der Waals surface area contributed by atoms with Gasteiger partial charge < -0.3 is 9.64 Å². The molecule has 1 aliphatic rings. The van der Waals surface area contributed by atoms with Gasteiger partial charge in [0, 0.05) is 11.1 Å². The second kappa shape index (κ2) is 6.68. The van der Waals surface area contributed by atoms with Crippen LogP contribution in [0.25, 0.3) is 0 Å². The van der Waals surface area contributed by atoms with Crippen LogP contribution in [-0.4, -0.2) is 36.7 Å². The van der Waals surface area contributed by atoms with Crippen LogP contribution in [0.4, 0.5) is 0 Å². The number of hydrogen-bond donors (Lipinski definition) is 0. The van der Waals surface area contributed by atoms with Crippen LogP contribution in [0.3, 0.4) is 0 Å². The van der Waals surface area contributed by atoms with E-state index in [0.29, 0.717) is 18.1 Å². The Hall–Kier alpha value is -0.570. The van der Waals surface area contributed by atoms with Crippen molar-refractivity contribution in [1.82, 2.24) is 4.90 Å². The van der Waals surface area contributed by atoms with Crippen LogP contribution in [0.15, 0.2) is 24.3 Å². The summed E-state index contributed by atoms with van der Waals surface area (Å²) in [6.07, 6.45) is 3.73. The number of likely N-dealkylation sites (N-methyl/N-ethyl adjacent to an activating group) is 1. The Balaban J connectivity index is 2.11. The zero-order chi connectivity index (χ0) is 15.6. The van der Waals surface area contributed by atoms with Gasteiger partial charge in [-0.15, -0.1) is 0 Å². The van der Waals surface area contributed by atoms with Crippen molar-refractivity contribution in [2.24, 2.45) is 0 Å². The molecule has 0 N–H and O–H groups in total. The normalized spacial score (nSPS) is 27.1. The molecule has 0 heterocycles. The maximum absolute atomic E-state index is 6.29. The topological polar surface area (TPSA) is 12.5 Å². The smallest absolute Gasteiger partial charge is 0.0737 e. The molecule has 1 aliphatic carbocycles. The first kappa shape index (κ1) is 16.8. The van der Waals surface area contributed by atoms with E-state index in [1.165, 1.54) is 12.0 Å². The molecule has 2 rings (SSSR count). The molecular formula is C18H28ClNO. The quantitative estimate of drug-likeness (QED) is 0.801. The molecule has 3 atom stereocenters. The van der Waals surface area contributed by atoms with Gasteiger partial charge in [-0.25, -0.2) is 0 Å². The highest BCUT2D eigenvalue weighted by atomic mass is 35.5. The van der Waals surface area contributed by atoms with E-state index in [4.69, 9.17) is 16.3 Å². The number of hydrogen-bond acceptors (Lipinski definition) is 2. The van der Waals surface area contributed by atoms with Crippen molar-refractivity contribution >= 4 is 11.6 Å². The lowest BCUT2D eigenvalue weighted by atomic mass is 9.79. The molecule has 0 spiro atoms. The molecule has 0 aromatic heterocycles. The number of halogens is 1. The molecular weight excluding hydrogens is 282 g/mol. The Labute approximate surface area is 134 Å². The Bertz CT molecular complexity index is 467. The maximum atomic E-state index is 6.29. The van der Waals surface area contributed by atoms with Gasteiger partial charge in [0.2, 0.25) is 0 Å². The van der Waals surface area contributed by atoms with Gasteiger partial charge in [-0.2, -0.15) is 0 Å². The monoisotopic (exact) mass is 309 g/mol. The van der Waals surface area contributed by atoms with Crippen LogP contribution >= 0.6 is 11.6 Å². The second-order valence-corrected chi connectivity index (χ2v) is 7.80. The van der Waals surface area contributed by atoms with Crippen molar-refractivity contribution in [3.63, 3.8) is 0 Å². The second-order valence-electron chi connectivity index (χ2n) is 7.36. The Morgan fingerprint density at radius 2 is 1.90 bits per heavy atom. The van der Waals surface area contributed by atoms with E-state index in [-0.39, 0.29) is 5.60 Å². The van der Waals surface area contributed by atoms with Gasteiger partial charge in [0.25, 0.3) is 0 Å². The molecule has 1 saturated carbocycles. The predicted octanol–water partition coefficient (Wildman–Crippen LogP) is 4.72. The lowest BCUT2D eigenvalue weighted by molar-refractivity contribution is -0.105. The standard InChI is InChI=1S/C18H28ClNO/c1-18(2,3)21-17-10-9-14(12-16(17)20(4)5)13-7-6-8-15(19)11-13/h6-8,11,14,16-17H,9-10,12H2,1-5H3/t14-,16-,17-/m0/s1. The van der Waals surface area contributed by atoms with Gasteiger partial charge in [-0.1, -0.05) is 23.7 Å². The molecule has 1 fully saturated rings. The highest BCUT2D eigenvalue weighted by Crippen LogP contribution is 2.37. The van der Waals surface area contributed by atoms with E-state index in [9.17, 15) is 0 Å². The molecule has 0 bridgehead atoms. The molecule has 2 nitrogen and oxygen atoms in total. The highest BCUT2D eigenvalue weighted by Gasteiger charge is 2.35. The Morgan fingerprint density at radius 1 is 1.19 bits per heavy atom. The molecule has 1 aromatic rings. The minimum atomic E-state index is -0.0815. The molecule has 0 saturated heterocycles. The third-order valence-electron chi connectivity index (χ3n) is 4.24.